The lowest BCUT2D eigenvalue weighted by Gasteiger charge is -2.29. The molecule has 0 bridgehead atoms. The van der Waals surface area contributed by atoms with Gasteiger partial charge in [-0.3, -0.25) is 14.6 Å². The quantitative estimate of drug-likeness (QED) is 0.568. The first kappa shape index (κ1) is 25.6. The topological polar surface area (TPSA) is 62.3 Å². The molecule has 3 rings (SSSR count). The third-order valence-corrected chi connectivity index (χ3v) is 6.30. The number of nitrogens with one attached hydrogen (secondary N) is 1. The van der Waals surface area contributed by atoms with Gasteiger partial charge in [-0.1, -0.05) is 0 Å². The molecule has 0 spiro atoms. The molecule has 2 heterocycles. The highest BCUT2D eigenvalue weighted by Gasteiger charge is 2.36. The Morgan fingerprint density at radius 1 is 1.21 bits per heavy atom. The molecule has 0 aliphatic carbocycles. The summed E-state index contributed by atoms with van der Waals surface area (Å²) < 4.78 is 52.4. The maximum Gasteiger partial charge on any atom is 0.397 e. The highest BCUT2D eigenvalue weighted by atomic mass is 19.4. The molecule has 1 aliphatic rings. The van der Waals surface area contributed by atoms with Gasteiger partial charge in [-0.25, -0.2) is 4.39 Å². The van der Waals surface area contributed by atoms with Gasteiger partial charge in [-0.05, 0) is 87.8 Å². The molecule has 1 aromatic heterocycles. The van der Waals surface area contributed by atoms with E-state index in [0.29, 0.717) is 36.9 Å². The van der Waals surface area contributed by atoms with E-state index in [4.69, 9.17) is 0 Å². The predicted molar refractivity (Wildman–Crippen MR) is 121 cm³/mol. The van der Waals surface area contributed by atoms with Gasteiger partial charge in [0.1, 0.15) is 12.2 Å². The predicted octanol–water partition coefficient (Wildman–Crippen LogP) is 5.60. The van der Waals surface area contributed by atoms with Gasteiger partial charge in [0.2, 0.25) is 5.91 Å². The smallest absolute Gasteiger partial charge is 0.340 e. The van der Waals surface area contributed by atoms with Crippen molar-refractivity contribution in [2.75, 3.05) is 11.9 Å². The fourth-order valence-electron chi connectivity index (χ4n) is 4.51. The maximum absolute atomic E-state index is 14.4. The highest BCUT2D eigenvalue weighted by molar-refractivity contribution is 6.04. The zero-order chi connectivity index (χ0) is 25.0. The van der Waals surface area contributed by atoms with Crippen LogP contribution < -0.4 is 5.32 Å². The molecule has 1 aliphatic heterocycles. The summed E-state index contributed by atoms with van der Waals surface area (Å²) in [5.74, 6) is -1.71. The summed E-state index contributed by atoms with van der Waals surface area (Å²) in [6, 6.07) is 5.72. The van der Waals surface area contributed by atoms with E-state index in [2.05, 4.69) is 10.3 Å². The van der Waals surface area contributed by atoms with E-state index in [0.717, 1.165) is 16.8 Å². The number of hydrogen-bond donors (Lipinski definition) is 1. The summed E-state index contributed by atoms with van der Waals surface area (Å²) in [5.41, 5.74) is 2.96. The molecule has 9 heteroatoms. The molecule has 1 unspecified atom stereocenters. The molecule has 2 aromatic rings. The number of carbonyl (C=O) groups excluding carboxylic acids is 2. The van der Waals surface area contributed by atoms with Crippen molar-refractivity contribution >= 4 is 17.5 Å². The van der Waals surface area contributed by atoms with Crippen molar-refractivity contribution in [2.45, 2.75) is 65.1 Å². The monoisotopic (exact) mass is 479 g/mol. The summed E-state index contributed by atoms with van der Waals surface area (Å²) in [5, 5.41) is 2.75. The molecule has 1 saturated heterocycles. The average Bonchev–Trinajstić information content (AvgIpc) is 2.91. The number of anilines is 1. The van der Waals surface area contributed by atoms with Crippen LogP contribution in [0.4, 0.5) is 23.2 Å². The number of amides is 2. The van der Waals surface area contributed by atoms with Gasteiger partial charge in [0, 0.05) is 30.2 Å². The third-order valence-electron chi connectivity index (χ3n) is 6.30. The van der Waals surface area contributed by atoms with E-state index in [1.165, 1.54) is 23.2 Å². The molecule has 1 N–H and O–H groups in total. The molecule has 0 saturated carbocycles. The summed E-state index contributed by atoms with van der Waals surface area (Å²) in [6.45, 7) is 5.65. The zero-order valence-corrected chi connectivity index (χ0v) is 19.5. The van der Waals surface area contributed by atoms with Crippen molar-refractivity contribution in [1.29, 1.82) is 0 Å². The number of likely N-dealkylation sites (tertiary alicyclic amines) is 1. The Bertz CT molecular complexity index is 1040. The SMILES string of the molecule is Cc1ccc(C(=O)Nc2cc(F)cc(CC3CCCN(C(=O)CC(F)(F)F)[C@@H](C)C3)c2C)cn1. The Morgan fingerprint density at radius 2 is 1.94 bits per heavy atom. The Labute approximate surface area is 196 Å². The molecule has 184 valence electrons. The van der Waals surface area contributed by atoms with E-state index in [-0.39, 0.29) is 18.5 Å². The standard InChI is InChI=1S/C25H29F4N3O2/c1-15-6-7-19(14-30-15)24(34)31-22-12-21(26)11-20(17(22)3)10-18-5-4-8-32(16(2)9-18)23(33)13-25(27,28)29/h6-7,11-12,14,16,18H,4-5,8-10,13H2,1-3H3,(H,31,34)/t16-,18?/m0/s1. The minimum Gasteiger partial charge on any atom is -0.340 e. The van der Waals surface area contributed by atoms with E-state index in [1.807, 2.05) is 6.92 Å². The van der Waals surface area contributed by atoms with Crippen LogP contribution in [0, 0.1) is 25.6 Å². The molecule has 0 radical (unpaired) electrons. The number of alkyl halides is 3. The summed E-state index contributed by atoms with van der Waals surface area (Å²) in [7, 11) is 0. The normalized spacial score (nSPS) is 19.0. The lowest BCUT2D eigenvalue weighted by atomic mass is 9.88. The van der Waals surface area contributed by atoms with Gasteiger partial charge in [0.15, 0.2) is 0 Å². The molecule has 1 fully saturated rings. The molecule has 34 heavy (non-hydrogen) atoms. The van der Waals surface area contributed by atoms with E-state index < -0.39 is 30.2 Å². The van der Waals surface area contributed by atoms with Gasteiger partial charge in [-0.2, -0.15) is 13.2 Å². The highest BCUT2D eigenvalue weighted by Crippen LogP contribution is 2.31. The van der Waals surface area contributed by atoms with Crippen molar-refractivity contribution in [3.05, 3.63) is 58.7 Å². The lowest BCUT2D eigenvalue weighted by molar-refractivity contribution is -0.162. The van der Waals surface area contributed by atoms with Crippen LogP contribution in [0.1, 0.15) is 59.8 Å². The van der Waals surface area contributed by atoms with Crippen LogP contribution in [-0.4, -0.2) is 40.5 Å². The second-order valence-electron chi connectivity index (χ2n) is 9.06. The number of hydrogen-bond acceptors (Lipinski definition) is 3. The van der Waals surface area contributed by atoms with Crippen LogP contribution in [0.25, 0.3) is 0 Å². The zero-order valence-electron chi connectivity index (χ0n) is 19.5. The number of pyridine rings is 1. The first-order chi connectivity index (χ1) is 15.9. The Hall–Kier alpha value is -2.97. The molecule has 5 nitrogen and oxygen atoms in total. The number of benzene rings is 1. The Balaban J connectivity index is 1.72. The Kier molecular flexibility index (Phi) is 7.94. The lowest BCUT2D eigenvalue weighted by Crippen LogP contribution is -2.40. The first-order valence-corrected chi connectivity index (χ1v) is 11.3. The van der Waals surface area contributed by atoms with Gasteiger partial charge >= 0.3 is 6.18 Å². The number of nitrogens with zero attached hydrogens (tertiary/aromatic N) is 2. The van der Waals surface area contributed by atoms with E-state index in [9.17, 15) is 27.2 Å². The number of aromatic nitrogens is 1. The molecule has 2 amide bonds. The number of rotatable bonds is 5. The van der Waals surface area contributed by atoms with Gasteiger partial charge < -0.3 is 10.2 Å². The maximum atomic E-state index is 14.4. The largest absolute Gasteiger partial charge is 0.397 e. The van der Waals surface area contributed by atoms with Crippen LogP contribution in [-0.2, 0) is 11.2 Å². The molecular weight excluding hydrogens is 450 g/mol. The van der Waals surface area contributed by atoms with Gasteiger partial charge in [0.05, 0.1) is 5.56 Å². The second-order valence-corrected chi connectivity index (χ2v) is 9.06. The van der Waals surface area contributed by atoms with Crippen molar-refractivity contribution in [2.24, 2.45) is 5.92 Å². The van der Waals surface area contributed by atoms with Crippen molar-refractivity contribution in [3.8, 4) is 0 Å². The number of halogens is 4. The van der Waals surface area contributed by atoms with Crippen LogP contribution in [0.2, 0.25) is 0 Å². The van der Waals surface area contributed by atoms with Gasteiger partial charge in [0.25, 0.3) is 5.91 Å². The average molecular weight is 480 g/mol. The minimum atomic E-state index is -4.53. The second kappa shape index (κ2) is 10.5. The van der Waals surface area contributed by atoms with Crippen molar-refractivity contribution in [1.82, 2.24) is 9.88 Å². The molecule has 2 atom stereocenters. The fraction of sp³-hybridized carbons (Fsp3) is 0.480. The summed E-state index contributed by atoms with van der Waals surface area (Å²) in [4.78, 5) is 30.1. The van der Waals surface area contributed by atoms with Crippen molar-refractivity contribution < 1.29 is 27.2 Å². The molecular formula is C25H29F4N3O2. The minimum absolute atomic E-state index is 0.0732. The van der Waals surface area contributed by atoms with E-state index in [1.54, 1.807) is 26.0 Å². The fourth-order valence-corrected chi connectivity index (χ4v) is 4.51. The van der Waals surface area contributed by atoms with Crippen LogP contribution in [0.3, 0.4) is 0 Å². The number of aryl methyl sites for hydroxylation is 1. The molecule has 1 aromatic carbocycles. The third kappa shape index (κ3) is 6.77. The first-order valence-electron chi connectivity index (χ1n) is 11.3. The van der Waals surface area contributed by atoms with Crippen LogP contribution in [0.5, 0.6) is 0 Å². The Morgan fingerprint density at radius 3 is 2.59 bits per heavy atom. The summed E-state index contributed by atoms with van der Waals surface area (Å²) >= 11 is 0. The van der Waals surface area contributed by atoms with Crippen molar-refractivity contribution in [3.63, 3.8) is 0 Å². The summed E-state index contributed by atoms with van der Waals surface area (Å²) in [6.07, 6.45) is -2.20. The number of carbonyl (C=O) groups is 2. The van der Waals surface area contributed by atoms with Crippen LogP contribution >= 0.6 is 0 Å². The van der Waals surface area contributed by atoms with Crippen LogP contribution in [0.15, 0.2) is 30.5 Å². The van der Waals surface area contributed by atoms with Gasteiger partial charge in [-0.15, -0.1) is 0 Å². The van der Waals surface area contributed by atoms with E-state index >= 15 is 0 Å².